The quantitative estimate of drug-likeness (QED) is 0.835. The van der Waals surface area contributed by atoms with Gasteiger partial charge in [-0.1, -0.05) is 13.8 Å². The summed E-state index contributed by atoms with van der Waals surface area (Å²) in [7, 11) is 0. The summed E-state index contributed by atoms with van der Waals surface area (Å²) in [4.78, 5) is 19.8. The first-order chi connectivity index (χ1) is 7.99. The normalized spacial score (nSPS) is 12.3. The van der Waals surface area contributed by atoms with Crippen molar-refractivity contribution in [2.45, 2.75) is 40.3 Å². The summed E-state index contributed by atoms with van der Waals surface area (Å²) in [5.74, 6) is 1.13. The van der Waals surface area contributed by atoms with E-state index in [0.717, 1.165) is 5.69 Å². The third-order valence-corrected chi connectivity index (χ3v) is 2.62. The van der Waals surface area contributed by atoms with Gasteiger partial charge in [-0.3, -0.25) is 0 Å². The molecule has 0 bridgehead atoms. The van der Waals surface area contributed by atoms with Gasteiger partial charge in [0.05, 0.1) is 12.2 Å². The van der Waals surface area contributed by atoms with Crippen LogP contribution in [0, 0.1) is 12.8 Å². The van der Waals surface area contributed by atoms with E-state index in [1.165, 1.54) is 0 Å². The Labute approximate surface area is 102 Å². The highest BCUT2D eigenvalue weighted by atomic mass is 16.2. The molecule has 0 unspecified atom stereocenters. The second kappa shape index (κ2) is 6.18. The number of aryl methyl sites for hydroxylation is 1. The fourth-order valence-electron chi connectivity index (χ4n) is 1.20. The molecule has 1 aromatic rings. The second-order valence-electron chi connectivity index (χ2n) is 4.45. The van der Waals surface area contributed by atoms with Gasteiger partial charge in [0, 0.05) is 12.2 Å². The molecular formula is C12H20N4O. The summed E-state index contributed by atoms with van der Waals surface area (Å²) >= 11 is 0. The highest BCUT2D eigenvalue weighted by molar-refractivity contribution is 5.74. The predicted octanol–water partition coefficient (Wildman–Crippen LogP) is 1.63. The number of nitrogens with zero attached hydrogens (tertiary/aromatic N) is 2. The Morgan fingerprint density at radius 2 is 2.12 bits per heavy atom. The van der Waals surface area contributed by atoms with Crippen LogP contribution in [0.1, 0.15) is 32.3 Å². The van der Waals surface area contributed by atoms with Crippen molar-refractivity contribution >= 4 is 6.03 Å². The topological polar surface area (TPSA) is 66.9 Å². The van der Waals surface area contributed by atoms with Gasteiger partial charge >= 0.3 is 6.03 Å². The van der Waals surface area contributed by atoms with Crippen LogP contribution in [0.15, 0.2) is 12.3 Å². The van der Waals surface area contributed by atoms with Crippen molar-refractivity contribution in [3.63, 3.8) is 0 Å². The zero-order valence-corrected chi connectivity index (χ0v) is 10.8. The van der Waals surface area contributed by atoms with E-state index in [4.69, 9.17) is 0 Å². The van der Waals surface area contributed by atoms with Crippen molar-refractivity contribution in [1.29, 1.82) is 0 Å². The van der Waals surface area contributed by atoms with Gasteiger partial charge in [0.1, 0.15) is 5.82 Å². The van der Waals surface area contributed by atoms with Crippen molar-refractivity contribution in [2.75, 3.05) is 0 Å². The molecule has 0 aliphatic heterocycles. The van der Waals surface area contributed by atoms with Crippen molar-refractivity contribution in [2.24, 2.45) is 5.92 Å². The smallest absolute Gasteiger partial charge is 0.315 e. The number of urea groups is 1. The molecule has 0 saturated heterocycles. The summed E-state index contributed by atoms with van der Waals surface area (Å²) in [6.07, 6.45) is 1.69. The van der Waals surface area contributed by atoms with Crippen LogP contribution < -0.4 is 10.6 Å². The molecule has 1 heterocycles. The van der Waals surface area contributed by atoms with Crippen LogP contribution >= 0.6 is 0 Å². The van der Waals surface area contributed by atoms with E-state index < -0.39 is 0 Å². The molecule has 0 saturated carbocycles. The second-order valence-corrected chi connectivity index (χ2v) is 4.45. The van der Waals surface area contributed by atoms with Gasteiger partial charge in [0.25, 0.3) is 0 Å². The van der Waals surface area contributed by atoms with Crippen molar-refractivity contribution in [3.8, 4) is 0 Å². The highest BCUT2D eigenvalue weighted by Gasteiger charge is 2.10. The standard InChI is InChI=1S/C12H20N4O/c1-8(2)9(3)15-12(17)14-7-11-5-6-13-10(4)16-11/h5-6,8-9H,7H2,1-4H3,(H2,14,15,17)/t9-/m0/s1. The first-order valence-corrected chi connectivity index (χ1v) is 5.82. The maximum absolute atomic E-state index is 11.6. The largest absolute Gasteiger partial charge is 0.335 e. The Morgan fingerprint density at radius 3 is 2.71 bits per heavy atom. The minimum absolute atomic E-state index is 0.155. The van der Waals surface area contributed by atoms with Gasteiger partial charge in [-0.2, -0.15) is 0 Å². The number of carbonyl (C=O) groups excluding carboxylic acids is 1. The summed E-state index contributed by atoms with van der Waals surface area (Å²) in [5, 5.41) is 5.64. The van der Waals surface area contributed by atoms with Crippen LogP contribution in [-0.4, -0.2) is 22.0 Å². The first kappa shape index (κ1) is 13.4. The lowest BCUT2D eigenvalue weighted by Crippen LogP contribution is -2.42. The van der Waals surface area contributed by atoms with Gasteiger partial charge < -0.3 is 10.6 Å². The Hall–Kier alpha value is -1.65. The molecule has 17 heavy (non-hydrogen) atoms. The van der Waals surface area contributed by atoms with E-state index in [2.05, 4.69) is 34.4 Å². The van der Waals surface area contributed by atoms with E-state index in [9.17, 15) is 4.79 Å². The van der Waals surface area contributed by atoms with Gasteiger partial charge in [0.2, 0.25) is 0 Å². The molecule has 1 atom stereocenters. The number of hydrogen-bond donors (Lipinski definition) is 2. The van der Waals surface area contributed by atoms with E-state index in [0.29, 0.717) is 18.3 Å². The molecular weight excluding hydrogens is 216 g/mol. The lowest BCUT2D eigenvalue weighted by molar-refractivity contribution is 0.234. The van der Waals surface area contributed by atoms with E-state index >= 15 is 0 Å². The van der Waals surface area contributed by atoms with Gasteiger partial charge in [0.15, 0.2) is 0 Å². The lowest BCUT2D eigenvalue weighted by Gasteiger charge is -2.17. The predicted molar refractivity (Wildman–Crippen MR) is 66.4 cm³/mol. The van der Waals surface area contributed by atoms with Crippen LogP contribution in [0.2, 0.25) is 0 Å². The molecule has 2 N–H and O–H groups in total. The average Bonchev–Trinajstić information content (AvgIpc) is 2.26. The van der Waals surface area contributed by atoms with Crippen molar-refractivity contribution < 1.29 is 4.79 Å². The number of amides is 2. The van der Waals surface area contributed by atoms with Crippen LogP contribution in [0.5, 0.6) is 0 Å². The number of hydrogen-bond acceptors (Lipinski definition) is 3. The summed E-state index contributed by atoms with van der Waals surface area (Å²) in [6.45, 7) is 8.36. The molecule has 1 rings (SSSR count). The van der Waals surface area contributed by atoms with Gasteiger partial charge in [-0.05, 0) is 25.8 Å². The van der Waals surface area contributed by atoms with Crippen molar-refractivity contribution in [1.82, 2.24) is 20.6 Å². The van der Waals surface area contributed by atoms with Crippen LogP contribution in [0.3, 0.4) is 0 Å². The Bertz CT molecular complexity index is 379. The number of aromatic nitrogens is 2. The van der Waals surface area contributed by atoms with Crippen LogP contribution in [0.25, 0.3) is 0 Å². The van der Waals surface area contributed by atoms with E-state index in [-0.39, 0.29) is 12.1 Å². The zero-order chi connectivity index (χ0) is 12.8. The maximum atomic E-state index is 11.6. The van der Waals surface area contributed by atoms with E-state index in [1.54, 1.807) is 12.3 Å². The SMILES string of the molecule is Cc1nccc(CNC(=O)N[C@@H](C)C(C)C)n1. The molecule has 0 aliphatic carbocycles. The summed E-state index contributed by atoms with van der Waals surface area (Å²) in [6, 6.07) is 1.78. The zero-order valence-electron chi connectivity index (χ0n) is 10.8. The third kappa shape index (κ3) is 4.80. The lowest BCUT2D eigenvalue weighted by atomic mass is 10.1. The molecule has 2 amide bonds. The molecule has 0 aliphatic rings. The maximum Gasteiger partial charge on any atom is 0.315 e. The molecule has 0 aromatic carbocycles. The number of carbonyl (C=O) groups is 1. The fraction of sp³-hybridized carbons (Fsp3) is 0.583. The van der Waals surface area contributed by atoms with Crippen LogP contribution in [0.4, 0.5) is 4.79 Å². The Morgan fingerprint density at radius 1 is 1.41 bits per heavy atom. The summed E-state index contributed by atoms with van der Waals surface area (Å²) in [5.41, 5.74) is 0.810. The number of nitrogens with one attached hydrogen (secondary N) is 2. The molecule has 5 nitrogen and oxygen atoms in total. The Balaban J connectivity index is 2.38. The van der Waals surface area contributed by atoms with Gasteiger partial charge in [-0.25, -0.2) is 14.8 Å². The Kier molecular flexibility index (Phi) is 4.87. The molecule has 0 fully saturated rings. The third-order valence-electron chi connectivity index (χ3n) is 2.62. The molecule has 1 aromatic heterocycles. The van der Waals surface area contributed by atoms with Gasteiger partial charge in [-0.15, -0.1) is 0 Å². The van der Waals surface area contributed by atoms with E-state index in [1.807, 2.05) is 13.8 Å². The fourth-order valence-corrected chi connectivity index (χ4v) is 1.20. The number of rotatable bonds is 4. The first-order valence-electron chi connectivity index (χ1n) is 5.82. The summed E-state index contributed by atoms with van der Waals surface area (Å²) < 4.78 is 0. The minimum Gasteiger partial charge on any atom is -0.335 e. The molecule has 5 heteroatoms. The molecule has 0 spiro atoms. The van der Waals surface area contributed by atoms with Crippen molar-refractivity contribution in [3.05, 3.63) is 23.8 Å². The minimum atomic E-state index is -0.164. The molecule has 0 radical (unpaired) electrons. The average molecular weight is 236 g/mol. The monoisotopic (exact) mass is 236 g/mol. The molecule has 94 valence electrons. The highest BCUT2D eigenvalue weighted by Crippen LogP contribution is 1.99. The van der Waals surface area contributed by atoms with Crippen LogP contribution in [-0.2, 0) is 6.54 Å².